The summed E-state index contributed by atoms with van der Waals surface area (Å²) in [5.74, 6) is 1.58. The van der Waals surface area contributed by atoms with Crippen molar-refractivity contribution in [1.29, 1.82) is 0 Å². The topological polar surface area (TPSA) is 50.3 Å². The van der Waals surface area contributed by atoms with Gasteiger partial charge in [0.25, 0.3) is 0 Å². The molecule has 0 aliphatic heterocycles. The number of hydrogen-bond acceptors (Lipinski definition) is 5. The third-order valence-corrected chi connectivity index (χ3v) is 4.51. The Labute approximate surface area is 167 Å². The molecule has 1 heterocycles. The van der Waals surface area contributed by atoms with Gasteiger partial charge in [-0.05, 0) is 18.9 Å². The summed E-state index contributed by atoms with van der Waals surface area (Å²) >= 11 is 0. The Hall–Kier alpha value is -2.92. The molecule has 5 nitrogen and oxygen atoms in total. The van der Waals surface area contributed by atoms with Crippen LogP contribution in [0.5, 0.6) is 0 Å². The van der Waals surface area contributed by atoms with Gasteiger partial charge in [-0.2, -0.15) is 4.98 Å². The van der Waals surface area contributed by atoms with Gasteiger partial charge in [0.15, 0.2) is 0 Å². The van der Waals surface area contributed by atoms with Crippen LogP contribution in [0.1, 0.15) is 18.9 Å². The van der Waals surface area contributed by atoms with Crippen molar-refractivity contribution in [2.75, 3.05) is 37.0 Å². The molecule has 0 bridgehead atoms. The first-order valence-electron chi connectivity index (χ1n) is 9.76. The molecule has 0 spiro atoms. The average Bonchev–Trinajstić information content (AvgIpc) is 2.76. The van der Waals surface area contributed by atoms with Crippen LogP contribution in [0.25, 0.3) is 11.3 Å². The van der Waals surface area contributed by atoms with E-state index >= 15 is 0 Å². The van der Waals surface area contributed by atoms with Crippen molar-refractivity contribution in [3.63, 3.8) is 0 Å². The molecular weight excluding hydrogens is 348 g/mol. The summed E-state index contributed by atoms with van der Waals surface area (Å²) in [6.45, 7) is 5.32. The second-order valence-corrected chi connectivity index (χ2v) is 6.57. The lowest BCUT2D eigenvalue weighted by molar-refractivity contribution is 0.197. The van der Waals surface area contributed by atoms with E-state index in [-0.39, 0.29) is 0 Å². The Balaban J connectivity index is 1.89. The predicted octanol–water partition coefficient (Wildman–Crippen LogP) is 4.62. The summed E-state index contributed by atoms with van der Waals surface area (Å²) in [7, 11) is 1.72. The number of benzene rings is 2. The number of ether oxygens (including phenoxy) is 1. The van der Waals surface area contributed by atoms with E-state index < -0.39 is 0 Å². The van der Waals surface area contributed by atoms with Crippen molar-refractivity contribution in [2.24, 2.45) is 0 Å². The van der Waals surface area contributed by atoms with Crippen LogP contribution in [0.2, 0.25) is 0 Å². The monoisotopic (exact) mass is 376 g/mol. The molecule has 3 rings (SSSR count). The first-order chi connectivity index (χ1) is 13.8. The SMILES string of the molecule is CCN(Cc1ccccc1)c1cc(-c2ccccc2)nc(NCCCOC)n1. The molecule has 0 unspecified atom stereocenters. The zero-order chi connectivity index (χ0) is 19.6. The van der Waals surface area contributed by atoms with E-state index in [1.54, 1.807) is 7.11 Å². The maximum absolute atomic E-state index is 5.13. The summed E-state index contributed by atoms with van der Waals surface area (Å²) in [6.07, 6.45) is 0.909. The molecular formula is C23H28N4O. The van der Waals surface area contributed by atoms with Crippen LogP contribution < -0.4 is 10.2 Å². The second-order valence-electron chi connectivity index (χ2n) is 6.57. The lowest BCUT2D eigenvalue weighted by Crippen LogP contribution is -2.24. The second kappa shape index (κ2) is 10.4. The molecule has 0 saturated carbocycles. The van der Waals surface area contributed by atoms with Gasteiger partial charge >= 0.3 is 0 Å². The number of aromatic nitrogens is 2. The molecule has 2 aromatic carbocycles. The van der Waals surface area contributed by atoms with Gasteiger partial charge < -0.3 is 15.0 Å². The summed E-state index contributed by atoms with van der Waals surface area (Å²) in [6, 6.07) is 22.8. The molecule has 5 heteroatoms. The highest BCUT2D eigenvalue weighted by atomic mass is 16.5. The molecule has 0 amide bonds. The van der Waals surface area contributed by atoms with Crippen molar-refractivity contribution in [2.45, 2.75) is 19.9 Å². The average molecular weight is 377 g/mol. The zero-order valence-corrected chi connectivity index (χ0v) is 16.6. The van der Waals surface area contributed by atoms with E-state index in [0.29, 0.717) is 12.6 Å². The number of nitrogens with zero attached hydrogens (tertiary/aromatic N) is 3. The number of methoxy groups -OCH3 is 1. The Morgan fingerprint density at radius 3 is 2.36 bits per heavy atom. The number of rotatable bonds is 10. The Morgan fingerprint density at radius 1 is 0.964 bits per heavy atom. The van der Waals surface area contributed by atoms with Crippen LogP contribution in [0.4, 0.5) is 11.8 Å². The van der Waals surface area contributed by atoms with Crippen molar-refractivity contribution >= 4 is 11.8 Å². The maximum atomic E-state index is 5.13. The fourth-order valence-corrected chi connectivity index (χ4v) is 3.01. The number of nitrogens with one attached hydrogen (secondary N) is 1. The fourth-order valence-electron chi connectivity index (χ4n) is 3.01. The first kappa shape index (κ1) is 19.8. The standard InChI is InChI=1S/C23H28N4O/c1-3-27(18-19-11-6-4-7-12-19)22-17-21(20-13-8-5-9-14-20)25-23(26-22)24-15-10-16-28-2/h4-9,11-14,17H,3,10,15-16,18H2,1-2H3,(H,24,25,26). The molecule has 0 fully saturated rings. The molecule has 0 saturated heterocycles. The van der Waals surface area contributed by atoms with Gasteiger partial charge in [-0.25, -0.2) is 4.98 Å². The molecule has 0 aliphatic carbocycles. The van der Waals surface area contributed by atoms with Crippen LogP contribution in [0.3, 0.4) is 0 Å². The normalized spacial score (nSPS) is 10.6. The van der Waals surface area contributed by atoms with Crippen LogP contribution in [-0.2, 0) is 11.3 Å². The third kappa shape index (κ3) is 5.54. The minimum atomic E-state index is 0.652. The van der Waals surface area contributed by atoms with E-state index in [0.717, 1.165) is 43.1 Å². The fraction of sp³-hybridized carbons (Fsp3) is 0.304. The predicted molar refractivity (Wildman–Crippen MR) is 116 cm³/mol. The number of hydrogen-bond donors (Lipinski definition) is 1. The molecule has 0 radical (unpaired) electrons. The van der Waals surface area contributed by atoms with Gasteiger partial charge in [0.05, 0.1) is 5.69 Å². The molecule has 0 atom stereocenters. The first-order valence-corrected chi connectivity index (χ1v) is 9.76. The van der Waals surface area contributed by atoms with E-state index in [1.165, 1.54) is 5.56 Å². The molecule has 0 aliphatic rings. The largest absolute Gasteiger partial charge is 0.385 e. The van der Waals surface area contributed by atoms with E-state index in [1.807, 2.05) is 24.3 Å². The minimum Gasteiger partial charge on any atom is -0.385 e. The van der Waals surface area contributed by atoms with E-state index in [2.05, 4.69) is 59.6 Å². The Kier molecular flexibility index (Phi) is 7.38. The molecule has 28 heavy (non-hydrogen) atoms. The lowest BCUT2D eigenvalue weighted by Gasteiger charge is -2.23. The van der Waals surface area contributed by atoms with Gasteiger partial charge in [-0.15, -0.1) is 0 Å². The molecule has 146 valence electrons. The summed E-state index contributed by atoms with van der Waals surface area (Å²) in [5.41, 5.74) is 3.27. The zero-order valence-electron chi connectivity index (χ0n) is 16.6. The highest BCUT2D eigenvalue weighted by Gasteiger charge is 2.12. The lowest BCUT2D eigenvalue weighted by atomic mass is 10.1. The summed E-state index contributed by atoms with van der Waals surface area (Å²) < 4.78 is 5.13. The van der Waals surface area contributed by atoms with E-state index in [4.69, 9.17) is 14.7 Å². The van der Waals surface area contributed by atoms with Crippen molar-refractivity contribution in [3.05, 3.63) is 72.3 Å². The van der Waals surface area contributed by atoms with Crippen LogP contribution in [0.15, 0.2) is 66.7 Å². The van der Waals surface area contributed by atoms with Gasteiger partial charge in [-0.1, -0.05) is 60.7 Å². The third-order valence-electron chi connectivity index (χ3n) is 4.51. The van der Waals surface area contributed by atoms with Crippen molar-refractivity contribution in [1.82, 2.24) is 9.97 Å². The highest BCUT2D eigenvalue weighted by molar-refractivity contribution is 5.64. The van der Waals surface area contributed by atoms with E-state index in [9.17, 15) is 0 Å². The minimum absolute atomic E-state index is 0.652. The maximum Gasteiger partial charge on any atom is 0.225 e. The quantitative estimate of drug-likeness (QED) is 0.523. The molecule has 1 aromatic heterocycles. The molecule has 1 N–H and O–H groups in total. The van der Waals surface area contributed by atoms with Gasteiger partial charge in [0, 0.05) is 45.0 Å². The van der Waals surface area contributed by atoms with Gasteiger partial charge in [0.1, 0.15) is 5.82 Å². The van der Waals surface area contributed by atoms with Crippen molar-refractivity contribution < 1.29 is 4.74 Å². The van der Waals surface area contributed by atoms with Gasteiger partial charge in [-0.3, -0.25) is 0 Å². The Morgan fingerprint density at radius 2 is 1.68 bits per heavy atom. The highest BCUT2D eigenvalue weighted by Crippen LogP contribution is 2.24. The number of anilines is 2. The smallest absolute Gasteiger partial charge is 0.225 e. The summed E-state index contributed by atoms with van der Waals surface area (Å²) in [4.78, 5) is 11.8. The molecule has 3 aromatic rings. The van der Waals surface area contributed by atoms with Crippen molar-refractivity contribution in [3.8, 4) is 11.3 Å². The van der Waals surface area contributed by atoms with Crippen LogP contribution in [-0.4, -0.2) is 36.8 Å². The van der Waals surface area contributed by atoms with Gasteiger partial charge in [0.2, 0.25) is 5.95 Å². The Bertz CT molecular complexity index is 840. The van der Waals surface area contributed by atoms with Crippen LogP contribution in [0, 0.1) is 0 Å². The van der Waals surface area contributed by atoms with Crippen LogP contribution >= 0.6 is 0 Å². The summed E-state index contributed by atoms with van der Waals surface area (Å²) in [5, 5.41) is 3.34.